The highest BCUT2D eigenvalue weighted by Crippen LogP contribution is 2.30. The normalized spacial score (nSPS) is 11.2. The number of rotatable bonds is 9. The number of hydrogen-bond acceptors (Lipinski definition) is 6. The van der Waals surface area contributed by atoms with Crippen LogP contribution in [0.2, 0.25) is 0 Å². The molecule has 2 rings (SSSR count). The molecule has 0 bridgehead atoms. The summed E-state index contributed by atoms with van der Waals surface area (Å²) in [5, 5.41) is 23.9. The van der Waals surface area contributed by atoms with Crippen LogP contribution in [-0.4, -0.2) is 42.8 Å². The smallest absolute Gasteiger partial charge is 0.319 e. The number of carbonyl (C=O) groups excluding carboxylic acids is 2. The van der Waals surface area contributed by atoms with Crippen molar-refractivity contribution in [1.82, 2.24) is 24.9 Å². The first-order valence-electron chi connectivity index (χ1n) is 9.20. The van der Waals surface area contributed by atoms with E-state index in [0.717, 1.165) is 4.68 Å². The summed E-state index contributed by atoms with van der Waals surface area (Å²) in [5.74, 6) is -0.968. The molecule has 30 heavy (non-hydrogen) atoms. The molecule has 0 fully saturated rings. The van der Waals surface area contributed by atoms with Crippen LogP contribution in [0.4, 0.5) is 20.2 Å². The van der Waals surface area contributed by atoms with Gasteiger partial charge in [0.2, 0.25) is 11.6 Å². The monoisotopic (exact) mass is 427 g/mol. The zero-order chi connectivity index (χ0) is 22.6. The van der Waals surface area contributed by atoms with E-state index in [1.165, 1.54) is 17.8 Å². The minimum absolute atomic E-state index is 0.00212. The van der Waals surface area contributed by atoms with Gasteiger partial charge in [0.05, 0.1) is 10.6 Å². The van der Waals surface area contributed by atoms with E-state index >= 15 is 0 Å². The van der Waals surface area contributed by atoms with Crippen LogP contribution in [0.25, 0.3) is 0 Å². The molecule has 2 N–H and O–H groups in total. The molecule has 0 aliphatic rings. The second-order valence-corrected chi connectivity index (χ2v) is 6.93. The molecule has 0 saturated carbocycles. The highest BCUT2D eigenvalue weighted by atomic mass is 19.3. The quantitative estimate of drug-likeness (QED) is 0.465. The molecule has 2 aromatic heterocycles. The third-order valence-electron chi connectivity index (χ3n) is 4.13. The number of nitrogens with one attached hydrogen (secondary N) is 2. The van der Waals surface area contributed by atoms with Crippen molar-refractivity contribution in [3.63, 3.8) is 0 Å². The number of aryl methyl sites for hydroxylation is 1. The van der Waals surface area contributed by atoms with Gasteiger partial charge in [-0.15, -0.1) is 0 Å². The lowest BCUT2D eigenvalue weighted by Gasteiger charge is -2.08. The summed E-state index contributed by atoms with van der Waals surface area (Å²) in [5.41, 5.74) is -1.87. The Morgan fingerprint density at radius 2 is 1.97 bits per heavy atom. The average Bonchev–Trinajstić information content (AvgIpc) is 3.21. The number of nitro groups is 1. The summed E-state index contributed by atoms with van der Waals surface area (Å²) in [6.45, 7) is 7.18. The van der Waals surface area contributed by atoms with E-state index in [2.05, 4.69) is 20.8 Å². The van der Waals surface area contributed by atoms with Gasteiger partial charge < -0.3 is 10.6 Å². The van der Waals surface area contributed by atoms with Gasteiger partial charge in [-0.05, 0) is 19.8 Å². The van der Waals surface area contributed by atoms with Gasteiger partial charge >= 0.3 is 5.69 Å². The molecule has 0 aliphatic carbocycles. The number of carbonyl (C=O) groups is 2. The molecule has 2 aromatic rings. The van der Waals surface area contributed by atoms with Crippen LogP contribution in [0.15, 0.2) is 6.20 Å². The molecular formula is C17H23F2N7O4. The first kappa shape index (κ1) is 22.9. The standard InChI is InChI=1S/C17H23F2N7O4/c1-5-24-7-11(13(22-24)17(28)20-6-9(2)3)21-12(27)8-25-10(4)15(26(29)30)14(23-25)16(18)19/h7,9,16H,5-6,8H2,1-4H3,(H,20,28)(H,21,27). The van der Waals surface area contributed by atoms with E-state index in [4.69, 9.17) is 0 Å². The van der Waals surface area contributed by atoms with Crippen molar-refractivity contribution in [2.45, 2.75) is 47.2 Å². The number of aromatic nitrogens is 4. The maximum absolute atomic E-state index is 13.0. The summed E-state index contributed by atoms with van der Waals surface area (Å²) in [4.78, 5) is 34.9. The minimum atomic E-state index is -3.16. The Morgan fingerprint density at radius 1 is 1.30 bits per heavy atom. The molecule has 2 amide bonds. The number of alkyl halides is 2. The Kier molecular flexibility index (Phi) is 7.19. The Balaban J connectivity index is 2.23. The highest BCUT2D eigenvalue weighted by Gasteiger charge is 2.31. The van der Waals surface area contributed by atoms with Gasteiger partial charge in [0.1, 0.15) is 12.2 Å². The van der Waals surface area contributed by atoms with Gasteiger partial charge in [-0.1, -0.05) is 13.8 Å². The van der Waals surface area contributed by atoms with E-state index in [-0.39, 0.29) is 23.0 Å². The lowest BCUT2D eigenvalue weighted by atomic mass is 10.2. The Bertz CT molecular complexity index is 952. The first-order chi connectivity index (χ1) is 14.0. The van der Waals surface area contributed by atoms with Crippen LogP contribution in [0.5, 0.6) is 0 Å². The summed E-state index contributed by atoms with van der Waals surface area (Å²) in [6, 6.07) is 0. The summed E-state index contributed by atoms with van der Waals surface area (Å²) < 4.78 is 28.4. The van der Waals surface area contributed by atoms with E-state index in [0.29, 0.717) is 13.1 Å². The van der Waals surface area contributed by atoms with Crippen molar-refractivity contribution >= 4 is 23.2 Å². The Morgan fingerprint density at radius 3 is 2.47 bits per heavy atom. The second kappa shape index (κ2) is 9.41. The third-order valence-corrected chi connectivity index (χ3v) is 4.13. The van der Waals surface area contributed by atoms with Crippen molar-refractivity contribution in [3.8, 4) is 0 Å². The molecule has 0 radical (unpaired) electrons. The van der Waals surface area contributed by atoms with E-state index < -0.39 is 41.1 Å². The molecule has 13 heteroatoms. The zero-order valence-electron chi connectivity index (χ0n) is 17.0. The van der Waals surface area contributed by atoms with Crippen molar-refractivity contribution in [3.05, 3.63) is 33.4 Å². The van der Waals surface area contributed by atoms with E-state index in [1.54, 1.807) is 6.92 Å². The lowest BCUT2D eigenvalue weighted by Crippen LogP contribution is -2.29. The molecular weight excluding hydrogens is 404 g/mol. The SMILES string of the molecule is CCn1cc(NC(=O)Cn2nc(C(F)F)c([N+](=O)[O-])c2C)c(C(=O)NCC(C)C)n1. The van der Waals surface area contributed by atoms with E-state index in [9.17, 15) is 28.5 Å². The number of nitrogens with zero attached hydrogens (tertiary/aromatic N) is 5. The minimum Gasteiger partial charge on any atom is -0.350 e. The van der Waals surface area contributed by atoms with Gasteiger partial charge in [-0.25, -0.2) is 8.78 Å². The van der Waals surface area contributed by atoms with Gasteiger partial charge in [0.25, 0.3) is 12.3 Å². The van der Waals surface area contributed by atoms with Crippen LogP contribution < -0.4 is 10.6 Å². The highest BCUT2D eigenvalue weighted by molar-refractivity contribution is 6.02. The van der Waals surface area contributed by atoms with Crippen LogP contribution in [0.1, 0.15) is 49.1 Å². The van der Waals surface area contributed by atoms with Crippen LogP contribution in [0, 0.1) is 23.0 Å². The predicted octanol–water partition coefficient (Wildman–Crippen LogP) is 2.28. The van der Waals surface area contributed by atoms with Crippen LogP contribution >= 0.6 is 0 Å². The predicted molar refractivity (Wildman–Crippen MR) is 102 cm³/mol. The molecule has 0 unspecified atom stereocenters. The second-order valence-electron chi connectivity index (χ2n) is 6.93. The molecule has 164 valence electrons. The maximum Gasteiger partial charge on any atom is 0.319 e. The Labute approximate surface area is 170 Å². The largest absolute Gasteiger partial charge is 0.350 e. The fourth-order valence-electron chi connectivity index (χ4n) is 2.64. The van der Waals surface area contributed by atoms with Crippen LogP contribution in [-0.2, 0) is 17.9 Å². The molecule has 11 nitrogen and oxygen atoms in total. The van der Waals surface area contributed by atoms with Crippen LogP contribution in [0.3, 0.4) is 0 Å². The summed E-state index contributed by atoms with van der Waals surface area (Å²) >= 11 is 0. The number of amides is 2. The number of hydrogen-bond donors (Lipinski definition) is 2. The lowest BCUT2D eigenvalue weighted by molar-refractivity contribution is -0.386. The summed E-state index contributed by atoms with van der Waals surface area (Å²) in [7, 11) is 0. The molecule has 0 aromatic carbocycles. The van der Waals surface area contributed by atoms with Gasteiger partial charge in [-0.2, -0.15) is 10.2 Å². The van der Waals surface area contributed by atoms with Crippen molar-refractivity contribution in [1.29, 1.82) is 0 Å². The molecule has 0 atom stereocenters. The fourth-order valence-corrected chi connectivity index (χ4v) is 2.64. The van der Waals surface area contributed by atoms with Gasteiger partial charge in [0.15, 0.2) is 5.69 Å². The Hall–Kier alpha value is -3.38. The summed E-state index contributed by atoms with van der Waals surface area (Å²) in [6.07, 6.45) is -1.70. The maximum atomic E-state index is 13.0. The van der Waals surface area contributed by atoms with Gasteiger partial charge in [0, 0.05) is 19.3 Å². The van der Waals surface area contributed by atoms with Crippen molar-refractivity contribution in [2.75, 3.05) is 11.9 Å². The number of halogens is 2. The molecule has 0 saturated heterocycles. The molecule has 0 spiro atoms. The van der Waals surface area contributed by atoms with Crippen molar-refractivity contribution < 1.29 is 23.3 Å². The van der Waals surface area contributed by atoms with Gasteiger partial charge in [-0.3, -0.25) is 29.1 Å². The number of anilines is 1. The fraction of sp³-hybridized carbons (Fsp3) is 0.529. The van der Waals surface area contributed by atoms with E-state index in [1.807, 2.05) is 13.8 Å². The first-order valence-corrected chi connectivity index (χ1v) is 9.20. The molecule has 2 heterocycles. The molecule has 0 aliphatic heterocycles. The van der Waals surface area contributed by atoms with Crippen molar-refractivity contribution in [2.24, 2.45) is 5.92 Å². The average molecular weight is 427 g/mol. The third kappa shape index (κ3) is 5.15. The topological polar surface area (TPSA) is 137 Å². The zero-order valence-corrected chi connectivity index (χ0v) is 17.0.